The van der Waals surface area contributed by atoms with Crippen LogP contribution in [-0.2, 0) is 4.79 Å². The zero-order chi connectivity index (χ0) is 11.3. The average Bonchev–Trinajstić information content (AvgIpc) is 2.21. The number of hydrogen-bond acceptors (Lipinski definition) is 1. The van der Waals surface area contributed by atoms with Crippen LogP contribution in [0.15, 0.2) is 34.9 Å². The molecule has 0 bridgehead atoms. The van der Waals surface area contributed by atoms with Gasteiger partial charge in [-0.2, -0.15) is 0 Å². The molecular formula is C13H19NO. The summed E-state index contributed by atoms with van der Waals surface area (Å²) in [6.45, 7) is 6.87. The molecule has 2 nitrogen and oxygen atoms in total. The minimum absolute atomic E-state index is 0.0681. The van der Waals surface area contributed by atoms with E-state index in [4.69, 9.17) is 0 Å². The van der Waals surface area contributed by atoms with Crippen molar-refractivity contribution in [2.75, 3.05) is 6.54 Å². The van der Waals surface area contributed by atoms with Crippen molar-refractivity contribution in [2.24, 2.45) is 0 Å². The zero-order valence-corrected chi connectivity index (χ0v) is 9.76. The predicted octanol–water partition coefficient (Wildman–Crippen LogP) is 2.74. The molecule has 1 rings (SSSR count). The molecule has 2 heteroatoms. The van der Waals surface area contributed by atoms with Crippen LogP contribution in [0.25, 0.3) is 0 Å². The Bertz CT molecular complexity index is 334. The van der Waals surface area contributed by atoms with Gasteiger partial charge >= 0.3 is 0 Å². The Kier molecular flexibility index (Phi) is 4.35. The van der Waals surface area contributed by atoms with E-state index in [1.165, 1.54) is 11.1 Å². The molecule has 1 aliphatic rings. The number of carbonyl (C=O) groups excluding carboxylic acids is 1. The molecule has 0 aromatic rings. The first-order chi connectivity index (χ1) is 7.15. The van der Waals surface area contributed by atoms with E-state index in [1.807, 2.05) is 26.0 Å². The third kappa shape index (κ3) is 3.39. The van der Waals surface area contributed by atoms with E-state index in [9.17, 15) is 4.79 Å². The number of rotatable bonds is 3. The third-order valence-corrected chi connectivity index (χ3v) is 2.56. The van der Waals surface area contributed by atoms with Crippen LogP contribution in [-0.4, -0.2) is 12.5 Å². The van der Waals surface area contributed by atoms with Crippen LogP contribution in [0.3, 0.4) is 0 Å². The van der Waals surface area contributed by atoms with Crippen LogP contribution in [0.2, 0.25) is 0 Å². The van der Waals surface area contributed by atoms with Gasteiger partial charge in [0.15, 0.2) is 0 Å². The molecule has 0 fully saturated rings. The first-order valence-corrected chi connectivity index (χ1v) is 5.41. The molecule has 0 aliphatic carbocycles. The summed E-state index contributed by atoms with van der Waals surface area (Å²) in [5.74, 6) is 0.0681. The number of hydrogen-bond donors (Lipinski definition) is 1. The maximum Gasteiger partial charge on any atom is 0.251 e. The SMILES string of the molecule is C/C=C\C/C(C)=C/C1=C(C)CCNC1=O. The molecule has 0 saturated carbocycles. The lowest BCUT2D eigenvalue weighted by atomic mass is 9.99. The monoisotopic (exact) mass is 205 g/mol. The van der Waals surface area contributed by atoms with Gasteiger partial charge in [0.2, 0.25) is 0 Å². The van der Waals surface area contributed by atoms with Gasteiger partial charge in [-0.3, -0.25) is 4.79 Å². The maximum atomic E-state index is 11.6. The summed E-state index contributed by atoms with van der Waals surface area (Å²) in [5.41, 5.74) is 3.27. The van der Waals surface area contributed by atoms with Crippen LogP contribution in [0.4, 0.5) is 0 Å². The van der Waals surface area contributed by atoms with Crippen molar-refractivity contribution in [3.05, 3.63) is 34.9 Å². The number of nitrogens with one attached hydrogen (secondary N) is 1. The lowest BCUT2D eigenvalue weighted by molar-refractivity contribution is -0.117. The Labute approximate surface area is 91.8 Å². The van der Waals surface area contributed by atoms with Gasteiger partial charge in [-0.15, -0.1) is 0 Å². The second-order valence-corrected chi connectivity index (χ2v) is 3.96. The van der Waals surface area contributed by atoms with Gasteiger partial charge < -0.3 is 5.32 Å². The number of carbonyl (C=O) groups is 1. The first-order valence-electron chi connectivity index (χ1n) is 5.41. The molecule has 0 aromatic carbocycles. The molecule has 82 valence electrons. The zero-order valence-electron chi connectivity index (χ0n) is 9.76. The van der Waals surface area contributed by atoms with Gasteiger partial charge in [-0.25, -0.2) is 0 Å². The fourth-order valence-corrected chi connectivity index (χ4v) is 1.59. The fraction of sp³-hybridized carbons (Fsp3) is 0.462. The van der Waals surface area contributed by atoms with Crippen molar-refractivity contribution < 1.29 is 4.79 Å². The second-order valence-electron chi connectivity index (χ2n) is 3.96. The van der Waals surface area contributed by atoms with E-state index in [1.54, 1.807) is 0 Å². The number of amides is 1. The molecule has 1 heterocycles. The molecule has 15 heavy (non-hydrogen) atoms. The van der Waals surface area contributed by atoms with E-state index in [2.05, 4.69) is 18.3 Å². The largest absolute Gasteiger partial charge is 0.352 e. The van der Waals surface area contributed by atoms with E-state index in [0.717, 1.165) is 25.0 Å². The Morgan fingerprint density at radius 1 is 1.53 bits per heavy atom. The summed E-state index contributed by atoms with van der Waals surface area (Å²) in [5, 5.41) is 2.86. The van der Waals surface area contributed by atoms with Gasteiger partial charge in [0.25, 0.3) is 5.91 Å². The lowest BCUT2D eigenvalue weighted by Crippen LogP contribution is -2.30. The molecule has 1 aliphatic heterocycles. The Hall–Kier alpha value is -1.31. The van der Waals surface area contributed by atoms with E-state index in [0.29, 0.717) is 0 Å². The van der Waals surface area contributed by atoms with Crippen LogP contribution in [0.1, 0.15) is 33.6 Å². The van der Waals surface area contributed by atoms with E-state index < -0.39 is 0 Å². The predicted molar refractivity (Wildman–Crippen MR) is 63.5 cm³/mol. The molecule has 0 spiro atoms. The molecular weight excluding hydrogens is 186 g/mol. The van der Waals surface area contributed by atoms with Gasteiger partial charge in [-0.05, 0) is 33.6 Å². The van der Waals surface area contributed by atoms with Crippen molar-refractivity contribution in [1.29, 1.82) is 0 Å². The highest BCUT2D eigenvalue weighted by Crippen LogP contribution is 2.16. The summed E-state index contributed by atoms with van der Waals surface area (Å²) >= 11 is 0. The smallest absolute Gasteiger partial charge is 0.251 e. The van der Waals surface area contributed by atoms with Crippen molar-refractivity contribution in [1.82, 2.24) is 5.32 Å². The van der Waals surface area contributed by atoms with E-state index in [-0.39, 0.29) is 5.91 Å². The third-order valence-electron chi connectivity index (χ3n) is 2.56. The van der Waals surface area contributed by atoms with Crippen LogP contribution in [0, 0.1) is 0 Å². The minimum atomic E-state index is 0.0681. The standard InChI is InChI=1S/C13H19NO/c1-4-5-6-10(2)9-12-11(3)7-8-14-13(12)15/h4-5,9H,6-8H2,1-3H3,(H,14,15)/b5-4-,10-9+. The lowest BCUT2D eigenvalue weighted by Gasteiger charge is -2.16. The van der Waals surface area contributed by atoms with Crippen LogP contribution < -0.4 is 5.32 Å². The van der Waals surface area contributed by atoms with Crippen LogP contribution >= 0.6 is 0 Å². The molecule has 0 radical (unpaired) electrons. The molecule has 0 aromatic heterocycles. The summed E-state index contributed by atoms with van der Waals surface area (Å²) in [4.78, 5) is 11.6. The van der Waals surface area contributed by atoms with Gasteiger partial charge in [0.1, 0.15) is 0 Å². The molecule has 0 atom stereocenters. The average molecular weight is 205 g/mol. The number of allylic oxidation sites excluding steroid dienone is 3. The van der Waals surface area contributed by atoms with Crippen LogP contribution in [0.5, 0.6) is 0 Å². The van der Waals surface area contributed by atoms with Crippen molar-refractivity contribution in [3.63, 3.8) is 0 Å². The summed E-state index contributed by atoms with van der Waals surface area (Å²) in [6, 6.07) is 0. The maximum absolute atomic E-state index is 11.6. The van der Waals surface area contributed by atoms with Crippen molar-refractivity contribution in [2.45, 2.75) is 33.6 Å². The van der Waals surface area contributed by atoms with E-state index >= 15 is 0 Å². The van der Waals surface area contributed by atoms with Gasteiger partial charge in [0, 0.05) is 12.1 Å². The summed E-state index contributed by atoms with van der Waals surface area (Å²) < 4.78 is 0. The quantitative estimate of drug-likeness (QED) is 0.705. The topological polar surface area (TPSA) is 29.1 Å². The van der Waals surface area contributed by atoms with Crippen molar-refractivity contribution in [3.8, 4) is 0 Å². The highest BCUT2D eigenvalue weighted by Gasteiger charge is 2.14. The summed E-state index contributed by atoms with van der Waals surface area (Å²) in [7, 11) is 0. The van der Waals surface area contributed by atoms with Crippen molar-refractivity contribution >= 4 is 5.91 Å². The highest BCUT2D eigenvalue weighted by molar-refractivity contribution is 5.97. The normalized spacial score (nSPS) is 18.6. The highest BCUT2D eigenvalue weighted by atomic mass is 16.1. The minimum Gasteiger partial charge on any atom is -0.352 e. The van der Waals surface area contributed by atoms with Gasteiger partial charge in [0.05, 0.1) is 0 Å². The Morgan fingerprint density at radius 2 is 2.27 bits per heavy atom. The molecule has 0 saturated heterocycles. The first kappa shape index (κ1) is 11.8. The second kappa shape index (κ2) is 5.54. The molecule has 1 amide bonds. The Morgan fingerprint density at radius 3 is 2.87 bits per heavy atom. The Balaban J connectivity index is 2.82. The molecule has 1 N–H and O–H groups in total. The summed E-state index contributed by atoms with van der Waals surface area (Å²) in [6.07, 6.45) is 8.01. The molecule has 0 unspecified atom stereocenters. The van der Waals surface area contributed by atoms with Gasteiger partial charge in [-0.1, -0.05) is 29.4 Å². The fourth-order valence-electron chi connectivity index (χ4n) is 1.59.